The zero-order valence-corrected chi connectivity index (χ0v) is 15.1. The first-order valence-corrected chi connectivity index (χ1v) is 8.76. The zero-order valence-electron chi connectivity index (χ0n) is 13.5. The van der Waals surface area contributed by atoms with Crippen LogP contribution in [0.3, 0.4) is 0 Å². The van der Waals surface area contributed by atoms with Gasteiger partial charge in [-0.1, -0.05) is 13.0 Å². The van der Waals surface area contributed by atoms with Crippen molar-refractivity contribution < 1.29 is 0 Å². The quantitative estimate of drug-likeness (QED) is 0.851. The molecule has 0 aliphatic carbocycles. The third kappa shape index (κ3) is 4.44. The predicted octanol–water partition coefficient (Wildman–Crippen LogP) is 3.26. The highest BCUT2D eigenvalue weighted by molar-refractivity contribution is 9.10. The molecule has 3 nitrogen and oxygen atoms in total. The maximum Gasteiger partial charge on any atom is 0.0513 e. The molecule has 1 aliphatic heterocycles. The molecule has 0 saturated carbocycles. The van der Waals surface area contributed by atoms with Gasteiger partial charge in [0.1, 0.15) is 0 Å². The van der Waals surface area contributed by atoms with Gasteiger partial charge in [-0.25, -0.2) is 0 Å². The van der Waals surface area contributed by atoms with Crippen LogP contribution in [-0.2, 0) is 6.42 Å². The molecule has 1 aromatic rings. The van der Waals surface area contributed by atoms with Gasteiger partial charge in [0.2, 0.25) is 0 Å². The summed E-state index contributed by atoms with van der Waals surface area (Å²) in [5, 5.41) is 0. The lowest BCUT2D eigenvalue weighted by Gasteiger charge is -2.30. The SMILES string of the molecule is CCC(N)Cc1ccc(N2CCCC2CN(C)C)c(Br)c1. The van der Waals surface area contributed by atoms with Gasteiger partial charge in [-0.3, -0.25) is 0 Å². The Labute approximate surface area is 137 Å². The molecule has 0 radical (unpaired) electrons. The fourth-order valence-corrected chi connectivity index (χ4v) is 3.78. The van der Waals surface area contributed by atoms with E-state index in [2.05, 4.69) is 64.9 Å². The normalized spacial score (nSPS) is 20.3. The molecule has 0 amide bonds. The van der Waals surface area contributed by atoms with E-state index in [1.54, 1.807) is 0 Å². The van der Waals surface area contributed by atoms with Crippen LogP contribution in [0.25, 0.3) is 0 Å². The van der Waals surface area contributed by atoms with Gasteiger partial charge in [0.05, 0.1) is 5.69 Å². The Morgan fingerprint density at radius 1 is 1.43 bits per heavy atom. The zero-order chi connectivity index (χ0) is 15.4. The van der Waals surface area contributed by atoms with Gasteiger partial charge in [0.25, 0.3) is 0 Å². The molecule has 21 heavy (non-hydrogen) atoms. The van der Waals surface area contributed by atoms with Gasteiger partial charge in [-0.05, 0) is 73.4 Å². The molecular formula is C17H28BrN3. The van der Waals surface area contributed by atoms with Crippen LogP contribution in [0.2, 0.25) is 0 Å². The van der Waals surface area contributed by atoms with E-state index in [1.807, 2.05) is 0 Å². The smallest absolute Gasteiger partial charge is 0.0513 e. The maximum absolute atomic E-state index is 6.06. The minimum absolute atomic E-state index is 0.260. The summed E-state index contributed by atoms with van der Waals surface area (Å²) in [5.74, 6) is 0. The average molecular weight is 354 g/mol. The molecule has 1 heterocycles. The topological polar surface area (TPSA) is 32.5 Å². The predicted molar refractivity (Wildman–Crippen MR) is 95.0 cm³/mol. The number of halogens is 1. The molecule has 1 aliphatic rings. The maximum atomic E-state index is 6.06. The Kier molecular flexibility index (Phi) is 6.08. The number of nitrogens with zero attached hydrogens (tertiary/aromatic N) is 2. The van der Waals surface area contributed by atoms with Gasteiger partial charge >= 0.3 is 0 Å². The fraction of sp³-hybridized carbons (Fsp3) is 0.647. The van der Waals surface area contributed by atoms with Crippen molar-refractivity contribution in [2.75, 3.05) is 32.1 Å². The molecule has 2 unspecified atom stereocenters. The van der Waals surface area contributed by atoms with E-state index in [0.717, 1.165) is 25.9 Å². The molecule has 0 aromatic heterocycles. The summed E-state index contributed by atoms with van der Waals surface area (Å²) in [4.78, 5) is 4.83. The first-order chi connectivity index (χ1) is 10.0. The van der Waals surface area contributed by atoms with Gasteiger partial charge in [0, 0.05) is 29.6 Å². The van der Waals surface area contributed by atoms with Crippen molar-refractivity contribution >= 4 is 21.6 Å². The van der Waals surface area contributed by atoms with Crippen LogP contribution < -0.4 is 10.6 Å². The molecule has 1 aromatic carbocycles. The number of anilines is 1. The fourth-order valence-electron chi connectivity index (χ4n) is 3.12. The first-order valence-electron chi connectivity index (χ1n) is 7.96. The van der Waals surface area contributed by atoms with E-state index in [-0.39, 0.29) is 6.04 Å². The minimum atomic E-state index is 0.260. The lowest BCUT2D eigenvalue weighted by Crippen LogP contribution is -2.37. The number of nitrogens with two attached hydrogens (primary N) is 1. The monoisotopic (exact) mass is 353 g/mol. The third-order valence-electron chi connectivity index (χ3n) is 4.30. The number of benzene rings is 1. The molecule has 2 rings (SSSR count). The first kappa shape index (κ1) is 16.8. The summed E-state index contributed by atoms with van der Waals surface area (Å²) in [5.41, 5.74) is 8.71. The van der Waals surface area contributed by atoms with Crippen molar-refractivity contribution in [3.05, 3.63) is 28.2 Å². The molecular weight excluding hydrogens is 326 g/mol. The standard InChI is InChI=1S/C17H28BrN3/c1-4-14(19)10-13-7-8-17(16(18)11-13)21-9-5-6-15(21)12-20(2)3/h7-8,11,14-15H,4-6,9-10,12,19H2,1-3H3. The molecule has 2 N–H and O–H groups in total. The van der Waals surface area contributed by atoms with E-state index < -0.39 is 0 Å². The van der Waals surface area contributed by atoms with Crippen LogP contribution in [0, 0.1) is 0 Å². The van der Waals surface area contributed by atoms with Gasteiger partial charge < -0.3 is 15.5 Å². The second-order valence-corrected chi connectivity index (χ2v) is 7.26. The highest BCUT2D eigenvalue weighted by atomic mass is 79.9. The van der Waals surface area contributed by atoms with E-state index in [9.17, 15) is 0 Å². The van der Waals surface area contributed by atoms with E-state index in [4.69, 9.17) is 5.73 Å². The Bertz CT molecular complexity index is 461. The molecule has 4 heteroatoms. The summed E-state index contributed by atoms with van der Waals surface area (Å²) in [6.45, 7) is 4.42. The van der Waals surface area contributed by atoms with Crippen molar-refractivity contribution in [1.29, 1.82) is 0 Å². The van der Waals surface area contributed by atoms with Crippen LogP contribution >= 0.6 is 15.9 Å². The van der Waals surface area contributed by atoms with Gasteiger partial charge in [-0.2, -0.15) is 0 Å². The van der Waals surface area contributed by atoms with Crippen molar-refractivity contribution in [2.24, 2.45) is 5.73 Å². The molecule has 0 spiro atoms. The van der Waals surface area contributed by atoms with E-state index in [0.29, 0.717) is 6.04 Å². The Morgan fingerprint density at radius 3 is 2.81 bits per heavy atom. The minimum Gasteiger partial charge on any atom is -0.366 e. The summed E-state index contributed by atoms with van der Waals surface area (Å²) in [6.07, 6.45) is 4.55. The molecule has 0 bridgehead atoms. The summed E-state index contributed by atoms with van der Waals surface area (Å²) >= 11 is 3.77. The van der Waals surface area contributed by atoms with Crippen LogP contribution in [-0.4, -0.2) is 44.2 Å². The largest absolute Gasteiger partial charge is 0.366 e. The van der Waals surface area contributed by atoms with Crippen LogP contribution in [0.5, 0.6) is 0 Å². The summed E-state index contributed by atoms with van der Waals surface area (Å²) in [7, 11) is 4.31. The van der Waals surface area contributed by atoms with Crippen molar-refractivity contribution in [2.45, 2.75) is 44.7 Å². The molecule has 1 fully saturated rings. The third-order valence-corrected chi connectivity index (χ3v) is 4.93. The molecule has 1 saturated heterocycles. The van der Waals surface area contributed by atoms with Crippen LogP contribution in [0.4, 0.5) is 5.69 Å². The van der Waals surface area contributed by atoms with E-state index >= 15 is 0 Å². The van der Waals surface area contributed by atoms with Crippen molar-refractivity contribution in [1.82, 2.24) is 4.90 Å². The highest BCUT2D eigenvalue weighted by Crippen LogP contribution is 2.33. The lowest BCUT2D eigenvalue weighted by atomic mass is 10.0. The lowest BCUT2D eigenvalue weighted by molar-refractivity contribution is 0.372. The summed E-state index contributed by atoms with van der Waals surface area (Å²) < 4.78 is 1.20. The Hall–Kier alpha value is -0.580. The number of rotatable bonds is 6. The second kappa shape index (κ2) is 7.61. The van der Waals surface area contributed by atoms with Gasteiger partial charge in [-0.15, -0.1) is 0 Å². The molecule has 118 valence electrons. The van der Waals surface area contributed by atoms with Crippen molar-refractivity contribution in [3.8, 4) is 0 Å². The average Bonchev–Trinajstić information content (AvgIpc) is 2.86. The molecule has 2 atom stereocenters. The number of likely N-dealkylation sites (N-methyl/N-ethyl adjacent to an activating group) is 1. The van der Waals surface area contributed by atoms with E-state index in [1.165, 1.54) is 28.6 Å². The second-order valence-electron chi connectivity index (χ2n) is 6.41. The van der Waals surface area contributed by atoms with Gasteiger partial charge in [0.15, 0.2) is 0 Å². The van der Waals surface area contributed by atoms with Crippen molar-refractivity contribution in [3.63, 3.8) is 0 Å². The Morgan fingerprint density at radius 2 is 2.19 bits per heavy atom. The highest BCUT2D eigenvalue weighted by Gasteiger charge is 2.26. The number of hydrogen-bond acceptors (Lipinski definition) is 3. The summed E-state index contributed by atoms with van der Waals surface area (Å²) in [6, 6.07) is 7.63. The van der Waals surface area contributed by atoms with Crippen LogP contribution in [0.15, 0.2) is 22.7 Å². The number of hydrogen-bond donors (Lipinski definition) is 1. The Balaban J connectivity index is 2.12. The van der Waals surface area contributed by atoms with Crippen LogP contribution in [0.1, 0.15) is 31.7 Å².